The van der Waals surface area contributed by atoms with Gasteiger partial charge in [-0.3, -0.25) is 19.2 Å². The molecule has 8 rings (SSSR count). The number of benzene rings is 8. The van der Waals surface area contributed by atoms with E-state index >= 15 is 0 Å². The molecule has 6 nitrogen and oxygen atoms in total. The largest absolute Gasteiger partial charge is 0.481 e. The van der Waals surface area contributed by atoms with Gasteiger partial charge in [-0.25, -0.2) is 0 Å². The summed E-state index contributed by atoms with van der Waals surface area (Å²) in [5.41, 5.74) is 6.09. The average Bonchev–Trinajstić information content (AvgIpc) is 3.19. The Kier molecular flexibility index (Phi) is 11.0. The van der Waals surface area contributed by atoms with Crippen LogP contribution in [0.15, 0.2) is 109 Å². The molecule has 6 heteroatoms. The van der Waals surface area contributed by atoms with Gasteiger partial charge in [-0.05, 0) is 64.6 Å². The maximum absolute atomic E-state index is 12.8. The summed E-state index contributed by atoms with van der Waals surface area (Å²) in [5.74, 6) is 3.67. The van der Waals surface area contributed by atoms with Gasteiger partial charge in [0.2, 0.25) is 0 Å². The van der Waals surface area contributed by atoms with Crippen LogP contribution in [0.2, 0.25) is 0 Å². The van der Waals surface area contributed by atoms with Gasteiger partial charge in [0.1, 0.15) is 5.78 Å². The van der Waals surface area contributed by atoms with Crippen LogP contribution < -0.4 is 5.73 Å². The van der Waals surface area contributed by atoms with Gasteiger partial charge in [0.05, 0.1) is 13.0 Å². The molecule has 0 saturated heterocycles. The molecule has 53 heavy (non-hydrogen) atoms. The van der Waals surface area contributed by atoms with E-state index in [-0.39, 0.29) is 43.0 Å². The lowest BCUT2D eigenvalue weighted by atomic mass is 9.90. The second kappa shape index (κ2) is 16.2. The van der Waals surface area contributed by atoms with Gasteiger partial charge in [0.25, 0.3) is 0 Å². The molecule has 0 unspecified atom stereocenters. The molecular weight excluding hydrogens is 659 g/mol. The Labute approximate surface area is 307 Å². The van der Waals surface area contributed by atoms with Gasteiger partial charge in [-0.15, -0.1) is 18.8 Å². The van der Waals surface area contributed by atoms with Crippen molar-refractivity contribution in [3.63, 3.8) is 0 Å². The van der Waals surface area contributed by atoms with E-state index in [2.05, 4.69) is 78.9 Å². The average molecular weight is 696 g/mol. The number of rotatable bonds is 10. The zero-order chi connectivity index (χ0) is 37.5. The van der Waals surface area contributed by atoms with Crippen LogP contribution in [0.1, 0.15) is 59.2 Å². The third-order valence-electron chi connectivity index (χ3n) is 9.52. The molecule has 3 N–H and O–H groups in total. The van der Waals surface area contributed by atoms with Crippen LogP contribution in [0, 0.1) is 24.7 Å². The molecule has 8 aromatic carbocycles. The molecule has 0 aliphatic carbocycles. The monoisotopic (exact) mass is 695 g/mol. The highest BCUT2D eigenvalue weighted by molar-refractivity contribution is 6.28. The summed E-state index contributed by atoms with van der Waals surface area (Å²) < 4.78 is 0. The zero-order valence-electron chi connectivity index (χ0n) is 29.2. The first kappa shape index (κ1) is 36.2. The maximum Gasteiger partial charge on any atom is 0.303 e. The molecule has 0 aromatic heterocycles. The van der Waals surface area contributed by atoms with Gasteiger partial charge < -0.3 is 10.8 Å². The number of hydrogen-bond acceptors (Lipinski definition) is 5. The summed E-state index contributed by atoms with van der Waals surface area (Å²) in [7, 11) is 0. The SMILES string of the molecule is C#CCCC(=O)CCC(=O)c1ccc2ccc3cccc4ccc1c2c34.C#CCN.O=C(O)CCC(=O)c1ccc2ccc3cccc4ccc1c2c34. The molecule has 0 amide bonds. The van der Waals surface area contributed by atoms with Crippen molar-refractivity contribution >= 4 is 88.0 Å². The predicted molar refractivity (Wildman–Crippen MR) is 216 cm³/mol. The first-order chi connectivity index (χ1) is 25.7. The number of hydrogen-bond donors (Lipinski definition) is 2. The summed E-state index contributed by atoms with van der Waals surface area (Å²) in [5, 5.41) is 22.1. The summed E-state index contributed by atoms with van der Waals surface area (Å²) in [4.78, 5) is 47.8. The lowest BCUT2D eigenvalue weighted by molar-refractivity contribution is -0.137. The van der Waals surface area contributed by atoms with Crippen molar-refractivity contribution < 1.29 is 24.3 Å². The third kappa shape index (κ3) is 7.55. The Morgan fingerprint density at radius 1 is 0.491 bits per heavy atom. The Bertz CT molecular complexity index is 2700. The smallest absolute Gasteiger partial charge is 0.303 e. The standard InChI is InChI=1S/C24H18O2.C20H14O3.C3H5N/c1-2-3-7-19(25)12-15-22(26)20-13-10-18-9-8-16-5-4-6-17-11-14-21(20)24(18)23(16)17;21-17(10-11-18(22)23)15-8-6-14-5-4-12-2-1-3-13-7-9-16(15)20(14)19(12)13;1-2-3-4/h1,4-6,8-11,13-14H,3,7,12,15H2;1-9H,10-11H2,(H,22,23);1H,3-4H2. The number of carboxylic acids is 1. The van der Waals surface area contributed by atoms with Crippen molar-refractivity contribution in [2.45, 2.75) is 38.5 Å². The minimum atomic E-state index is -0.948. The van der Waals surface area contributed by atoms with Crippen LogP contribution in [0.5, 0.6) is 0 Å². The highest BCUT2D eigenvalue weighted by atomic mass is 16.4. The maximum atomic E-state index is 12.8. The summed E-state index contributed by atoms with van der Waals surface area (Å²) in [6.45, 7) is 0.347. The number of terminal acetylenes is 2. The molecule has 0 spiro atoms. The zero-order valence-corrected chi connectivity index (χ0v) is 29.2. The Hall–Kier alpha value is -6.60. The number of carbonyl (C=O) groups is 4. The van der Waals surface area contributed by atoms with Gasteiger partial charge in [-0.2, -0.15) is 0 Å². The predicted octanol–water partition coefficient (Wildman–Crippen LogP) is 9.74. The Balaban J connectivity index is 0.000000166. The first-order valence-electron chi connectivity index (χ1n) is 17.5. The summed E-state index contributed by atoms with van der Waals surface area (Å²) in [6, 6.07) is 36.5. The molecule has 0 aliphatic rings. The van der Waals surface area contributed by atoms with E-state index in [4.69, 9.17) is 17.3 Å². The molecule has 0 saturated carbocycles. The molecule has 0 bridgehead atoms. The van der Waals surface area contributed by atoms with Crippen molar-refractivity contribution in [1.29, 1.82) is 0 Å². The number of aliphatic carboxylic acids is 1. The lowest BCUT2D eigenvalue weighted by Crippen LogP contribution is -2.05. The van der Waals surface area contributed by atoms with Crippen molar-refractivity contribution in [2.75, 3.05) is 6.54 Å². The van der Waals surface area contributed by atoms with Crippen molar-refractivity contribution in [2.24, 2.45) is 5.73 Å². The summed E-state index contributed by atoms with van der Waals surface area (Å²) >= 11 is 0. The number of carbonyl (C=O) groups excluding carboxylic acids is 3. The number of carboxylic acid groups (broad SMARTS) is 1. The van der Waals surface area contributed by atoms with Crippen molar-refractivity contribution in [3.05, 3.63) is 120 Å². The van der Waals surface area contributed by atoms with Crippen LogP contribution in [0.25, 0.3) is 64.6 Å². The molecule has 0 fully saturated rings. The Morgan fingerprint density at radius 2 is 0.868 bits per heavy atom. The van der Waals surface area contributed by atoms with Crippen molar-refractivity contribution in [3.8, 4) is 24.7 Å². The fourth-order valence-corrected chi connectivity index (χ4v) is 7.04. The minimum absolute atomic E-state index is 0.0111. The topological polar surface area (TPSA) is 115 Å². The van der Waals surface area contributed by atoms with E-state index in [1.165, 1.54) is 16.2 Å². The van der Waals surface area contributed by atoms with E-state index < -0.39 is 5.97 Å². The first-order valence-corrected chi connectivity index (χ1v) is 17.5. The van der Waals surface area contributed by atoms with Crippen LogP contribution in [0.4, 0.5) is 0 Å². The fourth-order valence-electron chi connectivity index (χ4n) is 7.04. The molecule has 0 heterocycles. The van der Waals surface area contributed by atoms with Gasteiger partial charge in [0.15, 0.2) is 11.6 Å². The number of ketones is 3. The van der Waals surface area contributed by atoms with Gasteiger partial charge in [0, 0.05) is 43.2 Å². The molecule has 0 atom stereocenters. The van der Waals surface area contributed by atoms with E-state index in [0.717, 1.165) is 48.5 Å². The van der Waals surface area contributed by atoms with E-state index in [1.54, 1.807) is 0 Å². The van der Waals surface area contributed by atoms with Gasteiger partial charge in [-0.1, -0.05) is 115 Å². The van der Waals surface area contributed by atoms with Crippen LogP contribution in [-0.4, -0.2) is 35.0 Å². The third-order valence-corrected chi connectivity index (χ3v) is 9.52. The fraction of sp³-hybridized carbons (Fsp3) is 0.149. The molecule has 8 aromatic rings. The second-order valence-electron chi connectivity index (χ2n) is 12.8. The molecule has 0 radical (unpaired) electrons. The van der Waals surface area contributed by atoms with E-state index in [1.807, 2.05) is 48.5 Å². The van der Waals surface area contributed by atoms with Gasteiger partial charge >= 0.3 is 5.97 Å². The van der Waals surface area contributed by atoms with Crippen LogP contribution in [-0.2, 0) is 9.59 Å². The summed E-state index contributed by atoms with van der Waals surface area (Å²) in [6.07, 6.45) is 11.0. The van der Waals surface area contributed by atoms with E-state index in [9.17, 15) is 19.2 Å². The Morgan fingerprint density at radius 3 is 1.26 bits per heavy atom. The van der Waals surface area contributed by atoms with Crippen molar-refractivity contribution in [1.82, 2.24) is 0 Å². The minimum Gasteiger partial charge on any atom is -0.481 e. The quantitative estimate of drug-likeness (QED) is 0.0837. The molecule has 260 valence electrons. The van der Waals surface area contributed by atoms with Crippen LogP contribution >= 0.6 is 0 Å². The molecule has 0 aliphatic heterocycles. The highest BCUT2D eigenvalue weighted by Gasteiger charge is 2.17. The normalized spacial score (nSPS) is 10.8. The van der Waals surface area contributed by atoms with Crippen LogP contribution in [0.3, 0.4) is 0 Å². The molecular formula is C47H37NO5. The number of Topliss-reactive ketones (excluding diaryl/α,β-unsaturated/α-hetero) is 3. The van der Waals surface area contributed by atoms with E-state index in [0.29, 0.717) is 30.5 Å². The highest BCUT2D eigenvalue weighted by Crippen LogP contribution is 2.37. The lowest BCUT2D eigenvalue weighted by Gasteiger charge is -2.13. The second-order valence-corrected chi connectivity index (χ2v) is 12.8. The number of nitrogens with two attached hydrogens (primary N) is 1.